The molecule has 1 aliphatic heterocycles. The Labute approximate surface area is 216 Å². The van der Waals surface area contributed by atoms with Crippen molar-refractivity contribution in [3.63, 3.8) is 0 Å². The number of nitriles is 1. The number of likely N-dealkylation sites (tertiary alicyclic amines) is 1. The number of nitrogens with zero attached hydrogens (tertiary/aromatic N) is 3. The van der Waals surface area contributed by atoms with Crippen LogP contribution in [0.15, 0.2) is 49.3 Å². The minimum atomic E-state index is -1.27. The number of aryl methyl sites for hydroxylation is 1. The Hall–Kier alpha value is -2.71. The van der Waals surface area contributed by atoms with Crippen LogP contribution < -0.4 is 5.32 Å². The van der Waals surface area contributed by atoms with E-state index in [0.717, 1.165) is 16.8 Å². The lowest BCUT2D eigenvalue weighted by molar-refractivity contribution is 0.199. The highest BCUT2D eigenvalue weighted by Crippen LogP contribution is 2.31. The lowest BCUT2D eigenvalue weighted by Crippen LogP contribution is -2.32. The fourth-order valence-corrected chi connectivity index (χ4v) is 3.26. The van der Waals surface area contributed by atoms with Gasteiger partial charge >= 0.3 is 0 Å². The van der Waals surface area contributed by atoms with Crippen LogP contribution in [0.2, 0.25) is 0 Å². The van der Waals surface area contributed by atoms with Gasteiger partial charge in [0.05, 0.1) is 18.1 Å². The van der Waals surface area contributed by atoms with Crippen LogP contribution in [-0.2, 0) is 0 Å². The maximum atomic E-state index is 13.6. The van der Waals surface area contributed by atoms with Gasteiger partial charge in [0.1, 0.15) is 11.7 Å². The molecule has 1 aromatic heterocycles. The number of halogens is 1. The molecule has 35 heavy (non-hydrogen) atoms. The van der Waals surface area contributed by atoms with E-state index in [-0.39, 0.29) is 19.0 Å². The highest BCUT2D eigenvalue weighted by Gasteiger charge is 2.41. The van der Waals surface area contributed by atoms with E-state index in [1.807, 2.05) is 79.8 Å². The Morgan fingerprint density at radius 1 is 1.20 bits per heavy atom. The van der Waals surface area contributed by atoms with E-state index in [9.17, 15) is 4.39 Å². The van der Waals surface area contributed by atoms with E-state index in [4.69, 9.17) is 5.26 Å². The topological polar surface area (TPSA) is 52.0 Å². The summed E-state index contributed by atoms with van der Waals surface area (Å²) in [5.41, 5.74) is 2.94. The van der Waals surface area contributed by atoms with E-state index >= 15 is 0 Å². The standard InChI is InChI=1S/C12H11N.C10H16FN3.4C2H6/c1-3-10-6-7-13-12-5-4-9(2)8-11(10)12;1-8(6-13-3)14-7-10(2,11)4-9(14)5-12;4*1-2/h3-8H,1H2,2H3;9,13H,1,4,6-7H2,2-3H3;4*1-2H3. The van der Waals surface area contributed by atoms with Crippen LogP contribution >= 0.6 is 0 Å². The second-order valence-electron chi connectivity index (χ2n) is 7.11. The minimum absolute atomic E-state index is 0.270. The molecule has 1 saturated heterocycles. The molecule has 0 radical (unpaired) electrons. The quantitative estimate of drug-likeness (QED) is 0.472. The Balaban J connectivity index is -0.000000456. The maximum absolute atomic E-state index is 13.6. The van der Waals surface area contributed by atoms with Gasteiger partial charge in [0.15, 0.2) is 0 Å². The van der Waals surface area contributed by atoms with Gasteiger partial charge in [-0.25, -0.2) is 4.39 Å². The summed E-state index contributed by atoms with van der Waals surface area (Å²) in [4.78, 5) is 6.03. The van der Waals surface area contributed by atoms with Crippen molar-refractivity contribution < 1.29 is 4.39 Å². The van der Waals surface area contributed by atoms with Gasteiger partial charge in [0, 0.05) is 30.2 Å². The summed E-state index contributed by atoms with van der Waals surface area (Å²) in [7, 11) is 1.80. The van der Waals surface area contributed by atoms with Crippen LogP contribution in [0.25, 0.3) is 17.0 Å². The van der Waals surface area contributed by atoms with Gasteiger partial charge in [-0.2, -0.15) is 5.26 Å². The van der Waals surface area contributed by atoms with Gasteiger partial charge < -0.3 is 10.2 Å². The highest BCUT2D eigenvalue weighted by atomic mass is 19.1. The average Bonchev–Trinajstić information content (AvgIpc) is 3.23. The lowest BCUT2D eigenvalue weighted by Gasteiger charge is -2.24. The van der Waals surface area contributed by atoms with Crippen molar-refractivity contribution in [1.29, 1.82) is 5.26 Å². The molecular formula is C30H51FN4. The Kier molecular flexibility index (Phi) is 23.0. The molecule has 1 fully saturated rings. The molecule has 2 unspecified atom stereocenters. The van der Waals surface area contributed by atoms with Crippen LogP contribution in [0, 0.1) is 18.3 Å². The molecule has 3 rings (SSSR count). The molecule has 198 valence electrons. The van der Waals surface area contributed by atoms with Gasteiger partial charge in [-0.15, -0.1) is 0 Å². The number of alkyl halides is 1. The van der Waals surface area contributed by atoms with Crippen LogP contribution in [0.4, 0.5) is 4.39 Å². The maximum Gasteiger partial charge on any atom is 0.128 e. The van der Waals surface area contributed by atoms with E-state index in [1.54, 1.807) is 11.9 Å². The Morgan fingerprint density at radius 3 is 2.26 bits per heavy atom. The number of hydrogen-bond donors (Lipinski definition) is 1. The molecule has 2 aromatic rings. The molecule has 0 spiro atoms. The number of hydrogen-bond acceptors (Lipinski definition) is 4. The largest absolute Gasteiger partial charge is 0.355 e. The van der Waals surface area contributed by atoms with Crippen molar-refractivity contribution in [3.05, 3.63) is 60.4 Å². The second-order valence-corrected chi connectivity index (χ2v) is 7.11. The summed E-state index contributed by atoms with van der Waals surface area (Å²) in [5, 5.41) is 13.0. The predicted molar refractivity (Wildman–Crippen MR) is 155 cm³/mol. The van der Waals surface area contributed by atoms with Crippen molar-refractivity contribution in [2.24, 2.45) is 0 Å². The van der Waals surface area contributed by atoms with Crippen LogP contribution in [0.5, 0.6) is 0 Å². The second kappa shape index (κ2) is 21.8. The third-order valence-corrected chi connectivity index (χ3v) is 4.58. The first-order valence-electron chi connectivity index (χ1n) is 13.0. The normalized spacial score (nSPS) is 17.1. The molecule has 0 aliphatic carbocycles. The van der Waals surface area contributed by atoms with Crippen molar-refractivity contribution in [2.45, 2.75) is 87.4 Å². The summed E-state index contributed by atoms with van der Waals surface area (Å²) in [5.74, 6) is 0. The summed E-state index contributed by atoms with van der Waals surface area (Å²) >= 11 is 0. The first-order valence-corrected chi connectivity index (χ1v) is 13.0. The number of likely N-dealkylation sites (N-methyl/N-ethyl adjacent to an activating group) is 1. The fourth-order valence-electron chi connectivity index (χ4n) is 3.26. The van der Waals surface area contributed by atoms with Crippen molar-refractivity contribution in [3.8, 4) is 6.07 Å². The van der Waals surface area contributed by atoms with Crippen molar-refractivity contribution >= 4 is 17.0 Å². The average molecular weight is 487 g/mol. The fraction of sp³-hybridized carbons (Fsp3) is 0.533. The number of benzene rings is 1. The van der Waals surface area contributed by atoms with Gasteiger partial charge in [-0.05, 0) is 44.7 Å². The molecular weight excluding hydrogens is 435 g/mol. The van der Waals surface area contributed by atoms with E-state index in [0.29, 0.717) is 6.54 Å². The number of nitrogens with one attached hydrogen (secondary N) is 1. The number of aromatic nitrogens is 1. The van der Waals surface area contributed by atoms with E-state index in [1.165, 1.54) is 17.9 Å². The summed E-state index contributed by atoms with van der Waals surface area (Å²) < 4.78 is 13.6. The van der Waals surface area contributed by atoms with Crippen LogP contribution in [-0.4, -0.2) is 41.7 Å². The molecule has 1 aliphatic rings. The monoisotopic (exact) mass is 486 g/mol. The zero-order chi connectivity index (χ0) is 28.0. The third kappa shape index (κ3) is 13.1. The van der Waals surface area contributed by atoms with Crippen molar-refractivity contribution in [1.82, 2.24) is 15.2 Å². The summed E-state index contributed by atoms with van der Waals surface area (Å²) in [6, 6.07) is 9.97. The van der Waals surface area contributed by atoms with E-state index < -0.39 is 5.67 Å². The number of rotatable bonds is 4. The predicted octanol–water partition coefficient (Wildman–Crippen LogP) is 8.34. The van der Waals surface area contributed by atoms with E-state index in [2.05, 4.69) is 48.6 Å². The van der Waals surface area contributed by atoms with Gasteiger partial charge in [-0.3, -0.25) is 4.98 Å². The lowest BCUT2D eigenvalue weighted by atomic mass is 10.1. The zero-order valence-corrected chi connectivity index (χ0v) is 24.3. The molecule has 1 N–H and O–H groups in total. The number of pyridine rings is 1. The smallest absolute Gasteiger partial charge is 0.128 e. The number of fused-ring (bicyclic) bond motifs is 1. The first kappa shape index (κ1) is 36.9. The molecule has 5 heteroatoms. The minimum Gasteiger partial charge on any atom is -0.355 e. The van der Waals surface area contributed by atoms with Crippen LogP contribution in [0.1, 0.15) is 79.9 Å². The molecule has 1 aromatic carbocycles. The first-order chi connectivity index (χ1) is 16.8. The SMILES string of the molecule is C=C(CNC)N1CC(C)(F)CC1C#N.C=Cc1ccnc2ccc(C)cc12.CC.CC.CC.CC. The molecule has 0 saturated carbocycles. The van der Waals surface area contributed by atoms with Gasteiger partial charge in [0.25, 0.3) is 0 Å². The molecule has 2 heterocycles. The zero-order valence-electron chi connectivity index (χ0n) is 24.3. The molecule has 0 bridgehead atoms. The summed E-state index contributed by atoms with van der Waals surface area (Å²) in [6.07, 6.45) is 3.95. The third-order valence-electron chi connectivity index (χ3n) is 4.58. The molecule has 2 atom stereocenters. The molecule has 4 nitrogen and oxygen atoms in total. The van der Waals surface area contributed by atoms with Gasteiger partial charge in [0.2, 0.25) is 0 Å². The summed E-state index contributed by atoms with van der Waals surface area (Å²) in [6.45, 7) is 28.1. The van der Waals surface area contributed by atoms with Crippen LogP contribution in [0.3, 0.4) is 0 Å². The Bertz CT molecular complexity index is 868. The Morgan fingerprint density at radius 2 is 1.77 bits per heavy atom. The molecule has 0 amide bonds. The van der Waals surface area contributed by atoms with Gasteiger partial charge in [-0.1, -0.05) is 86.3 Å². The van der Waals surface area contributed by atoms with Crippen molar-refractivity contribution in [2.75, 3.05) is 20.1 Å². The highest BCUT2D eigenvalue weighted by molar-refractivity contribution is 5.87.